The molecule has 1 aliphatic rings. The molecule has 1 fully saturated rings. The van der Waals surface area contributed by atoms with Gasteiger partial charge in [-0.2, -0.15) is 0 Å². The molecular weight excluding hydrogens is 455 g/mol. The number of nitrogens with one attached hydrogen (secondary N) is 2. The fourth-order valence-corrected chi connectivity index (χ4v) is 5.28. The van der Waals surface area contributed by atoms with Gasteiger partial charge in [-0.1, -0.05) is 11.6 Å². The summed E-state index contributed by atoms with van der Waals surface area (Å²) in [6.07, 6.45) is 4.46. The monoisotopic (exact) mass is 490 g/mol. The molecule has 1 amide bonds. The summed E-state index contributed by atoms with van der Waals surface area (Å²) in [6, 6.07) is 4.58. The Labute approximate surface area is 206 Å². The van der Waals surface area contributed by atoms with Crippen molar-refractivity contribution < 1.29 is 9.18 Å². The second-order valence-electron chi connectivity index (χ2n) is 9.49. The largest absolute Gasteiger partial charge is 0.369 e. The number of hydrogen-bond donors (Lipinski definition) is 2. The first-order valence-electron chi connectivity index (χ1n) is 11.9. The summed E-state index contributed by atoms with van der Waals surface area (Å²) in [5.74, 6) is -0.805. The van der Waals surface area contributed by atoms with E-state index in [4.69, 9.17) is 11.6 Å². The first-order valence-corrected chi connectivity index (χ1v) is 12.3. The Morgan fingerprint density at radius 3 is 2.32 bits per heavy atom. The van der Waals surface area contributed by atoms with Crippen LogP contribution in [-0.2, 0) is 6.54 Å². The first kappa shape index (κ1) is 26.2. The highest BCUT2D eigenvalue weighted by molar-refractivity contribution is 6.31. The van der Waals surface area contributed by atoms with Gasteiger partial charge in [0.25, 0.3) is 11.5 Å². The lowest BCUT2D eigenvalue weighted by Crippen LogP contribution is -2.42. The Morgan fingerprint density at radius 2 is 1.74 bits per heavy atom. The van der Waals surface area contributed by atoms with Crippen LogP contribution in [0.3, 0.4) is 0 Å². The molecule has 3 rings (SSSR count). The van der Waals surface area contributed by atoms with Gasteiger partial charge in [-0.15, -0.1) is 0 Å². The topological polar surface area (TPSA) is 68.4 Å². The first-order chi connectivity index (χ1) is 16.0. The molecular formula is C26H36ClFN4O2. The third-order valence-electron chi connectivity index (χ3n) is 7.19. The van der Waals surface area contributed by atoms with Gasteiger partial charge in [0.15, 0.2) is 0 Å². The van der Waals surface area contributed by atoms with Crippen LogP contribution in [0.2, 0.25) is 5.02 Å². The number of carbonyl (C=O) groups excluding carboxylic acids is 1. The minimum Gasteiger partial charge on any atom is -0.369 e. The Kier molecular flexibility index (Phi) is 8.42. The van der Waals surface area contributed by atoms with Crippen molar-refractivity contribution in [2.45, 2.75) is 72.0 Å². The SMILES string of the molecule is CCN(c1cc(Cl)cc(C(=O)NCc2c(C)c(F)c(C)[nH]c2=O)c1C)C1CCC(N(C)C)CC1. The van der Waals surface area contributed by atoms with Crippen molar-refractivity contribution in [1.29, 1.82) is 0 Å². The second-order valence-corrected chi connectivity index (χ2v) is 9.93. The second kappa shape index (κ2) is 10.9. The van der Waals surface area contributed by atoms with Gasteiger partial charge in [-0.25, -0.2) is 4.39 Å². The number of H-pyrrole nitrogens is 1. The molecule has 0 unspecified atom stereocenters. The number of amides is 1. The zero-order valence-corrected chi connectivity index (χ0v) is 21.8. The molecule has 1 aliphatic carbocycles. The van der Waals surface area contributed by atoms with Gasteiger partial charge in [0, 0.05) is 47.0 Å². The highest BCUT2D eigenvalue weighted by Gasteiger charge is 2.28. The molecule has 1 saturated carbocycles. The number of halogens is 2. The minimum atomic E-state index is -0.465. The highest BCUT2D eigenvalue weighted by atomic mass is 35.5. The van der Waals surface area contributed by atoms with E-state index in [0.717, 1.165) is 43.5 Å². The van der Waals surface area contributed by atoms with E-state index < -0.39 is 11.4 Å². The van der Waals surface area contributed by atoms with Crippen LogP contribution < -0.4 is 15.8 Å². The summed E-state index contributed by atoms with van der Waals surface area (Å²) in [6.45, 7) is 7.86. The van der Waals surface area contributed by atoms with Gasteiger partial charge in [0.2, 0.25) is 0 Å². The highest BCUT2D eigenvalue weighted by Crippen LogP contribution is 2.34. The van der Waals surface area contributed by atoms with Crippen LogP contribution >= 0.6 is 11.6 Å². The molecule has 0 atom stereocenters. The maximum Gasteiger partial charge on any atom is 0.253 e. The summed E-state index contributed by atoms with van der Waals surface area (Å²) in [4.78, 5) is 32.6. The van der Waals surface area contributed by atoms with E-state index in [1.54, 1.807) is 13.0 Å². The van der Waals surface area contributed by atoms with Crippen molar-refractivity contribution in [3.05, 3.63) is 61.3 Å². The Hall–Kier alpha value is -2.38. The average Bonchev–Trinajstić information content (AvgIpc) is 2.80. The fourth-order valence-electron chi connectivity index (χ4n) is 5.07. The van der Waals surface area contributed by atoms with E-state index in [1.807, 2.05) is 13.0 Å². The summed E-state index contributed by atoms with van der Waals surface area (Å²) >= 11 is 6.46. The molecule has 2 N–H and O–H groups in total. The number of benzene rings is 1. The van der Waals surface area contributed by atoms with E-state index in [0.29, 0.717) is 22.7 Å². The molecule has 1 heterocycles. The smallest absolute Gasteiger partial charge is 0.253 e. The Bertz CT molecular complexity index is 1110. The lowest BCUT2D eigenvalue weighted by molar-refractivity contribution is 0.0950. The van der Waals surface area contributed by atoms with Crippen molar-refractivity contribution in [3.63, 3.8) is 0 Å². The fraction of sp³-hybridized carbons (Fsp3) is 0.538. The number of aromatic nitrogens is 1. The molecule has 2 aromatic rings. The summed E-state index contributed by atoms with van der Waals surface area (Å²) in [5, 5.41) is 3.27. The zero-order valence-electron chi connectivity index (χ0n) is 21.0. The molecule has 8 heteroatoms. The third-order valence-corrected chi connectivity index (χ3v) is 7.41. The normalized spacial score (nSPS) is 18.3. The molecule has 0 aliphatic heterocycles. The standard InChI is InChI=1S/C26H36ClFN4O2/c1-7-32(20-10-8-19(9-11-20)31(5)6)23-13-18(27)12-21(15(23)2)25(33)29-14-22-16(3)24(28)17(4)30-26(22)34/h12-13,19-20H,7-11,14H2,1-6H3,(H,29,33)(H,30,34). The molecule has 1 aromatic heterocycles. The maximum atomic E-state index is 14.3. The van der Waals surface area contributed by atoms with E-state index in [1.165, 1.54) is 6.92 Å². The number of hydrogen-bond acceptors (Lipinski definition) is 4. The number of aryl methyl sites for hydroxylation is 1. The van der Waals surface area contributed by atoms with Crippen LogP contribution in [0.25, 0.3) is 0 Å². The number of aromatic amines is 1. The molecule has 0 saturated heterocycles. The molecule has 1 aromatic carbocycles. The quantitative estimate of drug-likeness (QED) is 0.589. The lowest BCUT2D eigenvalue weighted by Gasteiger charge is -2.40. The van der Waals surface area contributed by atoms with Crippen molar-refractivity contribution >= 4 is 23.2 Å². The molecule has 186 valence electrons. The zero-order chi connectivity index (χ0) is 25.2. The van der Waals surface area contributed by atoms with E-state index >= 15 is 0 Å². The lowest BCUT2D eigenvalue weighted by atomic mass is 9.89. The van der Waals surface area contributed by atoms with Crippen molar-refractivity contribution in [2.75, 3.05) is 25.5 Å². The van der Waals surface area contributed by atoms with E-state index in [2.05, 4.69) is 41.1 Å². The molecule has 6 nitrogen and oxygen atoms in total. The van der Waals surface area contributed by atoms with Crippen LogP contribution in [0, 0.1) is 26.6 Å². The van der Waals surface area contributed by atoms with E-state index in [9.17, 15) is 14.0 Å². The van der Waals surface area contributed by atoms with E-state index in [-0.39, 0.29) is 29.3 Å². The maximum absolute atomic E-state index is 14.3. The Balaban J connectivity index is 1.83. The Morgan fingerprint density at radius 1 is 1.12 bits per heavy atom. The molecule has 34 heavy (non-hydrogen) atoms. The third kappa shape index (κ3) is 5.47. The van der Waals surface area contributed by atoms with Crippen molar-refractivity contribution in [2.24, 2.45) is 0 Å². The van der Waals surface area contributed by atoms with Crippen LogP contribution in [0.4, 0.5) is 10.1 Å². The van der Waals surface area contributed by atoms with Gasteiger partial charge in [0.1, 0.15) is 5.82 Å². The van der Waals surface area contributed by atoms with Gasteiger partial charge >= 0.3 is 0 Å². The minimum absolute atomic E-state index is 0.0650. The van der Waals surface area contributed by atoms with Crippen LogP contribution in [0.15, 0.2) is 16.9 Å². The summed E-state index contributed by atoms with van der Waals surface area (Å²) in [7, 11) is 4.27. The number of nitrogens with zero attached hydrogens (tertiary/aromatic N) is 2. The van der Waals surface area contributed by atoms with Crippen LogP contribution in [0.5, 0.6) is 0 Å². The van der Waals surface area contributed by atoms with Gasteiger partial charge < -0.3 is 20.1 Å². The number of anilines is 1. The van der Waals surface area contributed by atoms with Gasteiger partial charge in [-0.3, -0.25) is 9.59 Å². The van der Waals surface area contributed by atoms with Crippen molar-refractivity contribution in [1.82, 2.24) is 15.2 Å². The van der Waals surface area contributed by atoms with Crippen LogP contribution in [-0.4, -0.2) is 48.5 Å². The molecule has 0 radical (unpaired) electrons. The number of carbonyl (C=O) groups is 1. The van der Waals surface area contributed by atoms with Gasteiger partial charge in [0.05, 0.1) is 5.69 Å². The number of pyridine rings is 1. The summed E-state index contributed by atoms with van der Waals surface area (Å²) < 4.78 is 14.3. The molecule has 0 spiro atoms. The number of rotatable bonds is 7. The average molecular weight is 491 g/mol. The van der Waals surface area contributed by atoms with Crippen LogP contribution in [0.1, 0.15) is 65.3 Å². The predicted octanol–water partition coefficient (Wildman–Crippen LogP) is 4.72. The van der Waals surface area contributed by atoms with Crippen molar-refractivity contribution in [3.8, 4) is 0 Å². The summed E-state index contributed by atoms with van der Waals surface area (Å²) in [5.41, 5.74) is 2.52. The van der Waals surface area contributed by atoms with Gasteiger partial charge in [-0.05, 0) is 90.7 Å². The molecule has 0 bridgehead atoms. The predicted molar refractivity (Wildman–Crippen MR) is 137 cm³/mol.